The molecule has 0 aliphatic rings. The van der Waals surface area contributed by atoms with Crippen LogP contribution < -0.4 is 5.32 Å². The first-order valence-corrected chi connectivity index (χ1v) is 5.98. The summed E-state index contributed by atoms with van der Waals surface area (Å²) in [5.41, 5.74) is -1.37. The number of phenolic OH excluding ortho intramolecular Hbond substituents is 1. The van der Waals surface area contributed by atoms with Crippen LogP contribution in [0.5, 0.6) is 5.75 Å². The molecule has 110 valence electrons. The Morgan fingerprint density at radius 1 is 1.24 bits per heavy atom. The number of carbonyl (C=O) groups is 1. The highest BCUT2D eigenvalue weighted by atomic mass is 35.5. The SMILES string of the molecule is O=C(Nc1ccnc(C(F)(F)F)c1)c1cc(Cl)ccc1O. The van der Waals surface area contributed by atoms with Crippen molar-refractivity contribution in [3.05, 3.63) is 52.8 Å². The highest BCUT2D eigenvalue weighted by Gasteiger charge is 2.32. The zero-order chi connectivity index (χ0) is 15.6. The zero-order valence-electron chi connectivity index (χ0n) is 10.3. The van der Waals surface area contributed by atoms with E-state index in [9.17, 15) is 23.1 Å². The van der Waals surface area contributed by atoms with Gasteiger partial charge in [-0.05, 0) is 30.3 Å². The molecule has 21 heavy (non-hydrogen) atoms. The highest BCUT2D eigenvalue weighted by Crippen LogP contribution is 2.29. The van der Waals surface area contributed by atoms with Crippen LogP contribution in [0.1, 0.15) is 16.1 Å². The second-order valence-corrected chi connectivity index (χ2v) is 4.48. The van der Waals surface area contributed by atoms with Gasteiger partial charge in [0.05, 0.1) is 5.56 Å². The topological polar surface area (TPSA) is 62.2 Å². The molecule has 0 spiro atoms. The molecule has 8 heteroatoms. The number of hydrogen-bond donors (Lipinski definition) is 2. The molecule has 0 bridgehead atoms. The first-order chi connectivity index (χ1) is 9.77. The average Bonchev–Trinajstić information content (AvgIpc) is 2.41. The van der Waals surface area contributed by atoms with Crippen LogP contribution in [0, 0.1) is 0 Å². The summed E-state index contributed by atoms with van der Waals surface area (Å²) in [6, 6.07) is 5.69. The van der Waals surface area contributed by atoms with E-state index in [4.69, 9.17) is 11.6 Å². The fourth-order valence-corrected chi connectivity index (χ4v) is 1.72. The van der Waals surface area contributed by atoms with E-state index < -0.39 is 17.8 Å². The van der Waals surface area contributed by atoms with Crippen LogP contribution in [0.15, 0.2) is 36.5 Å². The molecular formula is C13H8ClF3N2O2. The van der Waals surface area contributed by atoms with Crippen LogP contribution in [0.25, 0.3) is 0 Å². The number of aromatic hydroxyl groups is 1. The van der Waals surface area contributed by atoms with Gasteiger partial charge in [0.2, 0.25) is 0 Å². The van der Waals surface area contributed by atoms with Crippen molar-refractivity contribution in [3.8, 4) is 5.75 Å². The maximum absolute atomic E-state index is 12.5. The Hall–Kier alpha value is -2.28. The predicted octanol–water partition coefficient (Wildman–Crippen LogP) is 3.71. The summed E-state index contributed by atoms with van der Waals surface area (Å²) < 4.78 is 37.5. The van der Waals surface area contributed by atoms with Gasteiger partial charge in [0.25, 0.3) is 5.91 Å². The molecule has 1 aromatic heterocycles. The molecule has 0 atom stereocenters. The summed E-state index contributed by atoms with van der Waals surface area (Å²) in [5.74, 6) is -1.11. The Labute approximate surface area is 122 Å². The van der Waals surface area contributed by atoms with Crippen LogP contribution in [-0.4, -0.2) is 16.0 Å². The van der Waals surface area contributed by atoms with Gasteiger partial charge in [-0.1, -0.05) is 11.6 Å². The van der Waals surface area contributed by atoms with E-state index in [1.807, 2.05) is 0 Å². The van der Waals surface area contributed by atoms with Crippen molar-refractivity contribution >= 4 is 23.2 Å². The Morgan fingerprint density at radius 2 is 1.95 bits per heavy atom. The number of alkyl halides is 3. The molecule has 0 radical (unpaired) electrons. The molecular weight excluding hydrogens is 309 g/mol. The third kappa shape index (κ3) is 3.63. The molecule has 0 unspecified atom stereocenters. The van der Waals surface area contributed by atoms with Gasteiger partial charge in [0, 0.05) is 16.9 Å². The third-order valence-electron chi connectivity index (χ3n) is 2.51. The number of aromatic nitrogens is 1. The minimum atomic E-state index is -4.61. The Balaban J connectivity index is 2.26. The van der Waals surface area contributed by atoms with E-state index in [1.165, 1.54) is 24.3 Å². The Morgan fingerprint density at radius 3 is 2.62 bits per heavy atom. The number of nitrogens with zero attached hydrogens (tertiary/aromatic N) is 1. The summed E-state index contributed by atoms with van der Waals surface area (Å²) in [6.45, 7) is 0. The Kier molecular flexibility index (Phi) is 4.04. The smallest absolute Gasteiger partial charge is 0.433 e. The van der Waals surface area contributed by atoms with Crippen LogP contribution in [0.4, 0.5) is 18.9 Å². The molecule has 0 saturated heterocycles. The summed E-state index contributed by atoms with van der Waals surface area (Å²) in [4.78, 5) is 15.1. The van der Waals surface area contributed by atoms with Gasteiger partial charge in [-0.15, -0.1) is 0 Å². The van der Waals surface area contributed by atoms with E-state index in [-0.39, 0.29) is 22.0 Å². The van der Waals surface area contributed by atoms with Crippen molar-refractivity contribution < 1.29 is 23.1 Å². The normalized spacial score (nSPS) is 11.2. The van der Waals surface area contributed by atoms with Gasteiger partial charge in [0.15, 0.2) is 0 Å². The minimum Gasteiger partial charge on any atom is -0.507 e. The second-order valence-electron chi connectivity index (χ2n) is 4.04. The maximum atomic E-state index is 12.5. The summed E-state index contributed by atoms with van der Waals surface area (Å²) >= 11 is 5.70. The highest BCUT2D eigenvalue weighted by molar-refractivity contribution is 6.31. The van der Waals surface area contributed by atoms with Crippen molar-refractivity contribution in [2.75, 3.05) is 5.32 Å². The van der Waals surface area contributed by atoms with Gasteiger partial charge in [-0.2, -0.15) is 13.2 Å². The molecule has 1 amide bonds. The van der Waals surface area contributed by atoms with Crippen molar-refractivity contribution in [3.63, 3.8) is 0 Å². The van der Waals surface area contributed by atoms with Gasteiger partial charge in [-0.25, -0.2) is 0 Å². The molecule has 4 nitrogen and oxygen atoms in total. The molecule has 1 heterocycles. The quantitative estimate of drug-likeness (QED) is 0.887. The number of carbonyl (C=O) groups excluding carboxylic acids is 1. The van der Waals surface area contributed by atoms with E-state index in [0.717, 1.165) is 6.20 Å². The zero-order valence-corrected chi connectivity index (χ0v) is 11.0. The first kappa shape index (κ1) is 15.1. The minimum absolute atomic E-state index is 0.0956. The number of pyridine rings is 1. The molecule has 0 aliphatic heterocycles. The van der Waals surface area contributed by atoms with Crippen molar-refractivity contribution in [2.24, 2.45) is 0 Å². The molecule has 0 saturated carbocycles. The van der Waals surface area contributed by atoms with Gasteiger partial charge in [0.1, 0.15) is 11.4 Å². The number of nitrogens with one attached hydrogen (secondary N) is 1. The lowest BCUT2D eigenvalue weighted by molar-refractivity contribution is -0.141. The van der Waals surface area contributed by atoms with Gasteiger partial charge < -0.3 is 10.4 Å². The largest absolute Gasteiger partial charge is 0.507 e. The number of phenols is 1. The van der Waals surface area contributed by atoms with Crippen molar-refractivity contribution in [2.45, 2.75) is 6.18 Å². The van der Waals surface area contributed by atoms with Crippen LogP contribution in [0.3, 0.4) is 0 Å². The average molecular weight is 317 g/mol. The predicted molar refractivity (Wildman–Crippen MR) is 70.3 cm³/mol. The van der Waals surface area contributed by atoms with Crippen molar-refractivity contribution in [1.82, 2.24) is 4.98 Å². The number of rotatable bonds is 2. The van der Waals surface area contributed by atoms with Crippen LogP contribution in [-0.2, 0) is 6.18 Å². The van der Waals surface area contributed by atoms with E-state index in [2.05, 4.69) is 10.3 Å². The summed E-state index contributed by atoms with van der Waals surface area (Å²) in [7, 11) is 0. The molecule has 2 aromatic rings. The second kappa shape index (κ2) is 5.61. The first-order valence-electron chi connectivity index (χ1n) is 5.60. The van der Waals surface area contributed by atoms with Crippen LogP contribution in [0.2, 0.25) is 5.02 Å². The van der Waals surface area contributed by atoms with E-state index in [1.54, 1.807) is 0 Å². The lowest BCUT2D eigenvalue weighted by Gasteiger charge is -2.10. The molecule has 1 aromatic carbocycles. The molecule has 0 fully saturated rings. The monoisotopic (exact) mass is 316 g/mol. The van der Waals surface area contributed by atoms with Crippen molar-refractivity contribution in [1.29, 1.82) is 0 Å². The van der Waals surface area contributed by atoms with Gasteiger partial charge >= 0.3 is 6.18 Å². The van der Waals surface area contributed by atoms with E-state index >= 15 is 0 Å². The Bertz CT molecular complexity index is 689. The molecule has 0 aliphatic carbocycles. The third-order valence-corrected chi connectivity index (χ3v) is 2.75. The van der Waals surface area contributed by atoms with Gasteiger partial charge in [-0.3, -0.25) is 9.78 Å². The molecule has 2 rings (SSSR count). The number of anilines is 1. The lowest BCUT2D eigenvalue weighted by Crippen LogP contribution is -2.14. The fraction of sp³-hybridized carbons (Fsp3) is 0.0769. The number of hydrogen-bond acceptors (Lipinski definition) is 3. The lowest BCUT2D eigenvalue weighted by atomic mass is 10.2. The molecule has 2 N–H and O–H groups in total. The number of amides is 1. The summed E-state index contributed by atoms with van der Waals surface area (Å²) in [5, 5.41) is 12.0. The number of halogens is 4. The fourth-order valence-electron chi connectivity index (χ4n) is 1.55. The van der Waals surface area contributed by atoms with Crippen LogP contribution >= 0.6 is 11.6 Å². The maximum Gasteiger partial charge on any atom is 0.433 e. The summed E-state index contributed by atoms with van der Waals surface area (Å²) in [6.07, 6.45) is -3.69. The number of benzene rings is 1. The van der Waals surface area contributed by atoms with E-state index in [0.29, 0.717) is 6.07 Å². The standard InChI is InChI=1S/C13H8ClF3N2O2/c14-7-1-2-10(20)9(5-7)12(21)19-8-3-4-18-11(6-8)13(15,16)17/h1-6,20H,(H,18,19,21).